The minimum absolute atomic E-state index is 0.0523. The van der Waals surface area contributed by atoms with Crippen LogP contribution in [-0.4, -0.2) is 32.8 Å². The molecule has 0 saturated carbocycles. The van der Waals surface area contributed by atoms with Crippen LogP contribution in [0.15, 0.2) is 21.7 Å². The summed E-state index contributed by atoms with van der Waals surface area (Å²) in [7, 11) is 0. The molecule has 23 heavy (non-hydrogen) atoms. The third kappa shape index (κ3) is 2.95. The summed E-state index contributed by atoms with van der Waals surface area (Å²) in [5.74, 6) is 1.38. The van der Waals surface area contributed by atoms with E-state index in [-0.39, 0.29) is 5.56 Å². The molecule has 0 amide bonds. The molecular weight excluding hydrogens is 292 g/mol. The van der Waals surface area contributed by atoms with Gasteiger partial charge >= 0.3 is 0 Å². The van der Waals surface area contributed by atoms with Crippen molar-refractivity contribution >= 4 is 0 Å². The quantitative estimate of drug-likeness (QED) is 0.857. The highest BCUT2D eigenvalue weighted by Crippen LogP contribution is 2.21. The van der Waals surface area contributed by atoms with Gasteiger partial charge in [0.1, 0.15) is 5.76 Å². The van der Waals surface area contributed by atoms with E-state index in [1.54, 1.807) is 10.7 Å². The van der Waals surface area contributed by atoms with Crippen LogP contribution in [0, 0.1) is 12.8 Å². The Labute approximate surface area is 135 Å². The van der Waals surface area contributed by atoms with Gasteiger partial charge in [-0.05, 0) is 38.2 Å². The molecule has 4 rings (SSSR count). The Morgan fingerprint density at radius 3 is 2.91 bits per heavy atom. The van der Waals surface area contributed by atoms with Gasteiger partial charge in [0.05, 0.1) is 17.9 Å². The first kappa shape index (κ1) is 14.6. The van der Waals surface area contributed by atoms with Crippen molar-refractivity contribution in [3.8, 4) is 0 Å². The molecule has 2 aliphatic rings. The van der Waals surface area contributed by atoms with E-state index < -0.39 is 0 Å². The molecule has 1 saturated heterocycles. The molecule has 0 N–H and O–H groups in total. The van der Waals surface area contributed by atoms with Gasteiger partial charge in [0.2, 0.25) is 0 Å². The number of nitrogens with zero attached hydrogens (tertiary/aromatic N) is 4. The fourth-order valence-corrected chi connectivity index (χ4v) is 3.59. The smallest absolute Gasteiger partial charge is 0.267 e. The zero-order valence-corrected chi connectivity index (χ0v) is 13.5. The average Bonchev–Trinajstić information content (AvgIpc) is 2.90. The normalized spacial score (nSPS) is 18.7. The first-order valence-corrected chi connectivity index (χ1v) is 8.40. The van der Waals surface area contributed by atoms with Crippen molar-refractivity contribution in [2.45, 2.75) is 45.7 Å². The van der Waals surface area contributed by atoms with E-state index in [2.05, 4.69) is 15.0 Å². The van der Waals surface area contributed by atoms with Crippen LogP contribution in [0.5, 0.6) is 0 Å². The Morgan fingerprint density at radius 1 is 1.30 bits per heavy atom. The van der Waals surface area contributed by atoms with E-state index in [4.69, 9.17) is 4.42 Å². The number of aryl methyl sites for hydroxylation is 3. The van der Waals surface area contributed by atoms with Crippen molar-refractivity contribution in [3.63, 3.8) is 0 Å². The lowest BCUT2D eigenvalue weighted by atomic mass is 9.96. The molecule has 2 aromatic heterocycles. The fraction of sp³-hybridized carbons (Fsp3) is 0.588. The molecule has 0 aromatic carbocycles. The molecule has 2 aromatic rings. The number of fused-ring (bicyclic) bond motifs is 1. The maximum absolute atomic E-state index is 12.2. The van der Waals surface area contributed by atoms with Crippen molar-refractivity contribution in [2.75, 3.05) is 13.1 Å². The van der Waals surface area contributed by atoms with E-state index in [1.807, 2.05) is 6.92 Å². The molecule has 0 spiro atoms. The maximum Gasteiger partial charge on any atom is 0.267 e. The van der Waals surface area contributed by atoms with Crippen molar-refractivity contribution in [1.29, 1.82) is 0 Å². The van der Waals surface area contributed by atoms with E-state index in [9.17, 15) is 4.79 Å². The number of hydrogen-bond acceptors (Lipinski definition) is 5. The van der Waals surface area contributed by atoms with Gasteiger partial charge in [0.15, 0.2) is 6.39 Å². The molecule has 1 aliphatic heterocycles. The minimum atomic E-state index is 0.0523. The third-order valence-corrected chi connectivity index (χ3v) is 4.96. The second kappa shape index (κ2) is 5.92. The lowest BCUT2D eigenvalue weighted by Gasteiger charge is -2.38. The van der Waals surface area contributed by atoms with E-state index in [0.29, 0.717) is 5.92 Å². The van der Waals surface area contributed by atoms with Crippen molar-refractivity contribution < 1.29 is 4.42 Å². The Bertz CT molecular complexity index is 758. The predicted octanol–water partition coefficient (Wildman–Crippen LogP) is 1.55. The minimum Gasteiger partial charge on any atom is -0.448 e. The van der Waals surface area contributed by atoms with Gasteiger partial charge in [-0.3, -0.25) is 9.69 Å². The monoisotopic (exact) mass is 314 g/mol. The molecule has 0 atom stereocenters. The molecule has 6 nitrogen and oxygen atoms in total. The van der Waals surface area contributed by atoms with Gasteiger partial charge in [-0.2, -0.15) is 5.10 Å². The van der Waals surface area contributed by atoms with Crippen LogP contribution in [0.25, 0.3) is 0 Å². The van der Waals surface area contributed by atoms with Gasteiger partial charge < -0.3 is 4.42 Å². The second-order valence-corrected chi connectivity index (χ2v) is 6.76. The Balaban J connectivity index is 1.37. The van der Waals surface area contributed by atoms with Crippen LogP contribution in [0.1, 0.15) is 35.6 Å². The number of hydrogen-bond donors (Lipinski definition) is 0. The SMILES string of the molecule is Cc1ocnc1CN1CC(Cn2nc3c(cc2=O)CCCC3)C1. The largest absolute Gasteiger partial charge is 0.448 e. The number of likely N-dealkylation sites (tertiary alicyclic amines) is 1. The van der Waals surface area contributed by atoms with Crippen LogP contribution in [0.2, 0.25) is 0 Å². The highest BCUT2D eigenvalue weighted by Gasteiger charge is 2.28. The van der Waals surface area contributed by atoms with E-state index >= 15 is 0 Å². The summed E-state index contributed by atoms with van der Waals surface area (Å²) in [5, 5.41) is 4.61. The summed E-state index contributed by atoms with van der Waals surface area (Å²) in [6.07, 6.45) is 5.88. The second-order valence-electron chi connectivity index (χ2n) is 6.76. The molecule has 1 fully saturated rings. The van der Waals surface area contributed by atoms with Crippen LogP contribution in [0.4, 0.5) is 0 Å². The molecule has 3 heterocycles. The van der Waals surface area contributed by atoms with Crippen LogP contribution < -0.4 is 5.56 Å². The van der Waals surface area contributed by atoms with Gasteiger partial charge in [-0.15, -0.1) is 0 Å². The molecule has 0 bridgehead atoms. The van der Waals surface area contributed by atoms with Crippen molar-refractivity contribution in [2.24, 2.45) is 5.92 Å². The van der Waals surface area contributed by atoms with Crippen LogP contribution in [-0.2, 0) is 25.9 Å². The summed E-state index contributed by atoms with van der Waals surface area (Å²) >= 11 is 0. The zero-order valence-electron chi connectivity index (χ0n) is 13.5. The Morgan fingerprint density at radius 2 is 2.13 bits per heavy atom. The summed E-state index contributed by atoms with van der Waals surface area (Å²) < 4.78 is 6.91. The first-order valence-electron chi connectivity index (χ1n) is 8.40. The average molecular weight is 314 g/mol. The third-order valence-electron chi connectivity index (χ3n) is 4.96. The molecule has 6 heteroatoms. The number of oxazole rings is 1. The lowest BCUT2D eigenvalue weighted by molar-refractivity contribution is 0.0749. The standard InChI is InChI=1S/C17H22N4O2/c1-12-16(18-11-23-12)10-20-7-13(8-20)9-21-17(22)6-14-4-2-3-5-15(14)19-21/h6,11,13H,2-5,7-10H2,1H3. The summed E-state index contributed by atoms with van der Waals surface area (Å²) in [6, 6.07) is 1.80. The summed E-state index contributed by atoms with van der Waals surface area (Å²) in [4.78, 5) is 18.8. The van der Waals surface area contributed by atoms with Crippen molar-refractivity contribution in [3.05, 3.63) is 45.5 Å². The van der Waals surface area contributed by atoms with Crippen molar-refractivity contribution in [1.82, 2.24) is 19.7 Å². The molecule has 1 aliphatic carbocycles. The van der Waals surface area contributed by atoms with Gasteiger partial charge in [-0.1, -0.05) is 0 Å². The van der Waals surface area contributed by atoms with E-state index in [1.165, 1.54) is 19.2 Å². The maximum atomic E-state index is 12.2. The molecule has 0 unspecified atom stereocenters. The lowest BCUT2D eigenvalue weighted by Crippen LogP contribution is -2.49. The highest BCUT2D eigenvalue weighted by molar-refractivity contribution is 5.20. The highest BCUT2D eigenvalue weighted by atomic mass is 16.3. The first-order chi connectivity index (χ1) is 11.2. The molecule has 122 valence electrons. The topological polar surface area (TPSA) is 64.2 Å². The van der Waals surface area contributed by atoms with Gasteiger partial charge in [0.25, 0.3) is 5.56 Å². The van der Waals surface area contributed by atoms with Gasteiger partial charge in [-0.25, -0.2) is 9.67 Å². The number of rotatable bonds is 4. The van der Waals surface area contributed by atoms with Crippen LogP contribution in [0.3, 0.4) is 0 Å². The van der Waals surface area contributed by atoms with Gasteiger partial charge in [0, 0.05) is 31.6 Å². The Hall–Kier alpha value is -1.95. The number of aromatic nitrogens is 3. The van der Waals surface area contributed by atoms with E-state index in [0.717, 1.165) is 61.7 Å². The summed E-state index contributed by atoms with van der Waals surface area (Å²) in [6.45, 7) is 5.46. The fourth-order valence-electron chi connectivity index (χ4n) is 3.59. The summed E-state index contributed by atoms with van der Waals surface area (Å²) in [5.41, 5.74) is 3.35. The zero-order chi connectivity index (χ0) is 15.8. The Kier molecular flexibility index (Phi) is 3.77. The van der Waals surface area contributed by atoms with Crippen LogP contribution >= 0.6 is 0 Å². The predicted molar refractivity (Wildman–Crippen MR) is 85.1 cm³/mol. The molecule has 0 radical (unpaired) electrons. The molecular formula is C17H22N4O2.